The van der Waals surface area contributed by atoms with E-state index in [2.05, 4.69) is 10.3 Å². The van der Waals surface area contributed by atoms with Gasteiger partial charge in [-0.25, -0.2) is 21.8 Å². The molecule has 2 aromatic carbocycles. The molecule has 1 heterocycles. The van der Waals surface area contributed by atoms with Gasteiger partial charge in [0, 0.05) is 12.7 Å². The summed E-state index contributed by atoms with van der Waals surface area (Å²) in [6.45, 7) is 1.88. The highest BCUT2D eigenvalue weighted by molar-refractivity contribution is 7.91. The van der Waals surface area contributed by atoms with Gasteiger partial charge >= 0.3 is 0 Å². The van der Waals surface area contributed by atoms with E-state index < -0.39 is 19.7 Å². The third-order valence-corrected chi connectivity index (χ3v) is 8.09. The first-order valence-corrected chi connectivity index (χ1v) is 13.1. The van der Waals surface area contributed by atoms with Crippen molar-refractivity contribution in [2.45, 2.75) is 29.6 Å². The number of nitrogens with zero attached hydrogens (tertiary/aromatic N) is 1. The van der Waals surface area contributed by atoms with Crippen LogP contribution in [-0.4, -0.2) is 39.7 Å². The molecule has 0 spiro atoms. The number of fused-ring (bicyclic) bond motifs is 1. The van der Waals surface area contributed by atoms with Crippen molar-refractivity contribution in [3.8, 4) is 0 Å². The fraction of sp³-hybridized carbons (Fsp3) is 0.263. The minimum atomic E-state index is -3.43. The quantitative estimate of drug-likeness (QED) is 0.589. The molecule has 0 bridgehead atoms. The molecule has 1 N–H and O–H groups in total. The van der Waals surface area contributed by atoms with Crippen molar-refractivity contribution in [1.29, 1.82) is 0 Å². The van der Waals surface area contributed by atoms with Crippen molar-refractivity contribution in [2.75, 3.05) is 17.3 Å². The van der Waals surface area contributed by atoms with Gasteiger partial charge in [0.15, 0.2) is 24.8 Å². The molecule has 3 aromatic rings. The van der Waals surface area contributed by atoms with Crippen LogP contribution in [0.25, 0.3) is 10.2 Å². The molecular formula is C19H20N2O5S3. The molecule has 10 heteroatoms. The van der Waals surface area contributed by atoms with Crippen LogP contribution in [0.5, 0.6) is 0 Å². The predicted octanol–water partition coefficient (Wildman–Crippen LogP) is 3.20. The van der Waals surface area contributed by atoms with E-state index in [4.69, 9.17) is 0 Å². The van der Waals surface area contributed by atoms with Crippen LogP contribution in [0.1, 0.15) is 18.4 Å². The summed E-state index contributed by atoms with van der Waals surface area (Å²) < 4.78 is 48.6. The summed E-state index contributed by atoms with van der Waals surface area (Å²) in [4.78, 5) is 16.8. The van der Waals surface area contributed by atoms with Crippen LogP contribution in [0, 0.1) is 6.92 Å². The Balaban J connectivity index is 1.60. The smallest absolute Gasteiger partial charge is 0.226 e. The minimum absolute atomic E-state index is 0.0373. The third kappa shape index (κ3) is 5.40. The van der Waals surface area contributed by atoms with Gasteiger partial charge < -0.3 is 5.32 Å². The van der Waals surface area contributed by atoms with E-state index >= 15 is 0 Å². The minimum Gasteiger partial charge on any atom is -0.302 e. The Morgan fingerprint density at radius 3 is 2.34 bits per heavy atom. The van der Waals surface area contributed by atoms with Gasteiger partial charge in [-0.3, -0.25) is 4.79 Å². The highest BCUT2D eigenvalue weighted by atomic mass is 32.2. The van der Waals surface area contributed by atoms with Crippen LogP contribution in [0.3, 0.4) is 0 Å². The second-order valence-corrected chi connectivity index (χ2v) is 11.9. The molecule has 29 heavy (non-hydrogen) atoms. The van der Waals surface area contributed by atoms with Gasteiger partial charge in [0.25, 0.3) is 0 Å². The molecule has 0 aliphatic carbocycles. The van der Waals surface area contributed by atoms with E-state index in [1.54, 1.807) is 30.3 Å². The van der Waals surface area contributed by atoms with Gasteiger partial charge in [-0.15, -0.1) is 0 Å². The lowest BCUT2D eigenvalue weighted by Gasteiger charge is -2.05. The number of thiazole rings is 1. The van der Waals surface area contributed by atoms with Crippen LogP contribution >= 0.6 is 11.3 Å². The highest BCUT2D eigenvalue weighted by Gasteiger charge is 2.16. The van der Waals surface area contributed by atoms with Crippen molar-refractivity contribution < 1.29 is 21.6 Å². The molecule has 0 saturated carbocycles. The first-order valence-electron chi connectivity index (χ1n) is 8.74. The predicted molar refractivity (Wildman–Crippen MR) is 114 cm³/mol. The maximum absolute atomic E-state index is 12.3. The van der Waals surface area contributed by atoms with E-state index in [0.717, 1.165) is 11.8 Å². The molecule has 0 atom stereocenters. The highest BCUT2D eigenvalue weighted by Crippen LogP contribution is 2.28. The number of nitrogens with one attached hydrogen (secondary N) is 1. The van der Waals surface area contributed by atoms with Gasteiger partial charge in [0.05, 0.1) is 25.8 Å². The van der Waals surface area contributed by atoms with Gasteiger partial charge in [0.2, 0.25) is 5.91 Å². The second kappa shape index (κ2) is 8.21. The molecule has 1 aromatic heterocycles. The number of rotatable bonds is 7. The second-order valence-electron chi connectivity index (χ2n) is 6.70. The lowest BCUT2D eigenvalue weighted by atomic mass is 10.2. The monoisotopic (exact) mass is 452 g/mol. The van der Waals surface area contributed by atoms with Crippen LogP contribution < -0.4 is 5.32 Å². The molecule has 0 saturated heterocycles. The molecule has 0 unspecified atom stereocenters. The first-order chi connectivity index (χ1) is 13.5. The Morgan fingerprint density at radius 2 is 1.69 bits per heavy atom. The molecule has 0 aliphatic heterocycles. The number of benzene rings is 2. The summed E-state index contributed by atoms with van der Waals surface area (Å²) in [5.74, 6) is -0.465. The number of anilines is 1. The molecule has 3 rings (SSSR count). The number of aromatic nitrogens is 1. The van der Waals surface area contributed by atoms with Crippen LogP contribution in [0.2, 0.25) is 0 Å². The molecule has 1 amide bonds. The number of hydrogen-bond donors (Lipinski definition) is 1. The zero-order valence-electron chi connectivity index (χ0n) is 15.9. The lowest BCUT2D eigenvalue weighted by molar-refractivity contribution is -0.116. The summed E-state index contributed by atoms with van der Waals surface area (Å²) in [6.07, 6.45) is 1.35. The van der Waals surface area contributed by atoms with Gasteiger partial charge in [-0.2, -0.15) is 0 Å². The molecular weight excluding hydrogens is 432 g/mol. The Kier molecular flexibility index (Phi) is 6.06. The number of hydrogen-bond acceptors (Lipinski definition) is 7. The average molecular weight is 453 g/mol. The van der Waals surface area contributed by atoms with Gasteiger partial charge in [-0.1, -0.05) is 29.0 Å². The van der Waals surface area contributed by atoms with Crippen molar-refractivity contribution in [3.05, 3.63) is 48.0 Å². The SMILES string of the molecule is Cc1ccc(S(=O)(=O)CCCC(=O)Nc2nc3ccc(S(C)(=O)=O)cc3s2)cc1. The average Bonchev–Trinajstić information content (AvgIpc) is 3.02. The van der Waals surface area contributed by atoms with Gasteiger partial charge in [0.1, 0.15) is 0 Å². The van der Waals surface area contributed by atoms with E-state index in [1.807, 2.05) is 6.92 Å². The Morgan fingerprint density at radius 1 is 1.03 bits per heavy atom. The molecule has 0 fully saturated rings. The number of sulfone groups is 2. The summed E-state index contributed by atoms with van der Waals surface area (Å²) in [5.41, 5.74) is 1.56. The zero-order valence-corrected chi connectivity index (χ0v) is 18.3. The third-order valence-electron chi connectivity index (χ3n) is 4.23. The van der Waals surface area contributed by atoms with E-state index in [0.29, 0.717) is 15.3 Å². The Bertz CT molecular complexity index is 1260. The number of carbonyl (C=O) groups excluding carboxylic acids is 1. The number of aryl methyl sites for hydroxylation is 1. The van der Waals surface area contributed by atoms with Crippen molar-refractivity contribution in [1.82, 2.24) is 4.98 Å². The van der Waals surface area contributed by atoms with E-state index in [1.165, 1.54) is 23.5 Å². The van der Waals surface area contributed by atoms with Crippen LogP contribution in [0.4, 0.5) is 5.13 Å². The summed E-state index contributed by atoms with van der Waals surface area (Å²) in [6, 6.07) is 11.2. The molecule has 154 valence electrons. The molecule has 0 radical (unpaired) electrons. The van der Waals surface area contributed by atoms with E-state index in [9.17, 15) is 21.6 Å². The maximum atomic E-state index is 12.3. The maximum Gasteiger partial charge on any atom is 0.226 e. The fourth-order valence-corrected chi connectivity index (χ4v) is 5.61. The summed E-state index contributed by atoms with van der Waals surface area (Å²) >= 11 is 1.17. The number of amides is 1. The molecule has 7 nitrogen and oxygen atoms in total. The topological polar surface area (TPSA) is 110 Å². The fourth-order valence-electron chi connectivity index (χ4n) is 2.66. The normalized spacial score (nSPS) is 12.2. The standard InChI is InChI=1S/C19H20N2O5S3/c1-13-5-7-14(8-6-13)29(25,26)11-3-4-18(22)21-19-20-16-10-9-15(28(2,23)24)12-17(16)27-19/h5-10,12H,3-4,11H2,1-2H3,(H,20,21,22). The zero-order chi connectivity index (χ0) is 21.2. The first kappa shape index (κ1) is 21.4. The van der Waals surface area contributed by atoms with Crippen molar-refractivity contribution in [3.63, 3.8) is 0 Å². The van der Waals surface area contributed by atoms with Crippen LogP contribution in [-0.2, 0) is 24.5 Å². The largest absolute Gasteiger partial charge is 0.302 e. The van der Waals surface area contributed by atoms with Crippen LogP contribution in [0.15, 0.2) is 52.3 Å². The summed E-state index contributed by atoms with van der Waals surface area (Å²) in [7, 11) is -6.76. The van der Waals surface area contributed by atoms with Gasteiger partial charge in [-0.05, 0) is 43.7 Å². The Hall–Kier alpha value is -2.30. The Labute approximate surface area is 173 Å². The van der Waals surface area contributed by atoms with Crippen molar-refractivity contribution in [2.24, 2.45) is 0 Å². The van der Waals surface area contributed by atoms with Crippen molar-refractivity contribution >= 4 is 52.3 Å². The lowest BCUT2D eigenvalue weighted by Crippen LogP contribution is -2.14. The number of carbonyl (C=O) groups is 1. The molecule has 0 aliphatic rings. The summed E-state index contributed by atoms with van der Waals surface area (Å²) in [5, 5.41) is 2.99. The van der Waals surface area contributed by atoms with E-state index in [-0.39, 0.29) is 34.3 Å².